The van der Waals surface area contributed by atoms with E-state index in [2.05, 4.69) is 51.3 Å². The molecule has 0 spiro atoms. The van der Waals surface area contributed by atoms with Crippen LogP contribution < -0.4 is 0 Å². The Kier molecular flexibility index (Phi) is 31.5. The van der Waals surface area contributed by atoms with Crippen molar-refractivity contribution in [2.24, 2.45) is 0 Å². The normalized spacial score (nSPS) is 10.1. The monoisotopic (exact) mass is 316 g/mol. The van der Waals surface area contributed by atoms with Gasteiger partial charge in [-0.15, -0.1) is 0 Å². The van der Waals surface area contributed by atoms with Crippen molar-refractivity contribution in [2.75, 3.05) is 39.3 Å². The topological polar surface area (TPSA) is 6.48 Å². The fraction of sp³-hybridized carbons (Fsp3) is 1.00. The summed E-state index contributed by atoms with van der Waals surface area (Å²) in [5.41, 5.74) is 0. The fourth-order valence-corrected chi connectivity index (χ4v) is 2.57. The van der Waals surface area contributed by atoms with E-state index in [0.29, 0.717) is 0 Å². The van der Waals surface area contributed by atoms with Gasteiger partial charge in [-0.05, 0) is 77.8 Å². The lowest BCUT2D eigenvalue weighted by Crippen LogP contribution is -2.26. The van der Waals surface area contributed by atoms with E-state index in [9.17, 15) is 0 Å². The van der Waals surface area contributed by atoms with Gasteiger partial charge in [0, 0.05) is 0 Å². The molecule has 0 aromatic rings. The highest BCUT2D eigenvalue weighted by atomic mass is 15.1. The molecule has 2 nitrogen and oxygen atoms in total. The van der Waals surface area contributed by atoms with Crippen LogP contribution >= 0.6 is 0 Å². The molecule has 138 valence electrons. The second-order valence-corrected chi connectivity index (χ2v) is 5.68. The van der Waals surface area contributed by atoms with Gasteiger partial charge < -0.3 is 9.80 Å². The molecule has 0 radical (unpaired) electrons. The van der Waals surface area contributed by atoms with E-state index in [0.717, 1.165) is 0 Å². The Morgan fingerprint density at radius 2 is 0.500 bits per heavy atom. The number of hydrogen-bond donors (Lipinski definition) is 0. The van der Waals surface area contributed by atoms with E-state index in [1.165, 1.54) is 77.8 Å². The van der Waals surface area contributed by atoms with Crippen molar-refractivity contribution >= 4 is 0 Å². The van der Waals surface area contributed by atoms with Gasteiger partial charge in [0.05, 0.1) is 0 Å². The lowest BCUT2D eigenvalue weighted by Gasteiger charge is -2.19. The van der Waals surface area contributed by atoms with Gasteiger partial charge in [0.15, 0.2) is 0 Å². The molecule has 0 aliphatic rings. The van der Waals surface area contributed by atoms with Crippen LogP contribution in [0.25, 0.3) is 0 Å². The van der Waals surface area contributed by atoms with Gasteiger partial charge in [0.1, 0.15) is 0 Å². The molecule has 0 fully saturated rings. The first-order chi connectivity index (χ1) is 10.7. The minimum Gasteiger partial charge on any atom is -0.303 e. The molecule has 0 N–H and O–H groups in total. The summed E-state index contributed by atoms with van der Waals surface area (Å²) in [4.78, 5) is 5.08. The number of hydrogen-bond acceptors (Lipinski definition) is 2. The highest BCUT2D eigenvalue weighted by molar-refractivity contribution is 4.54. The van der Waals surface area contributed by atoms with Crippen LogP contribution in [0.3, 0.4) is 0 Å². The summed E-state index contributed by atoms with van der Waals surface area (Å²) in [6.07, 6.45) is 7.75. The Morgan fingerprint density at radius 3 is 0.591 bits per heavy atom. The van der Waals surface area contributed by atoms with E-state index in [1.807, 2.05) is 13.8 Å². The first-order valence-corrected chi connectivity index (χ1v) is 10.1. The third-order valence-corrected chi connectivity index (χ3v) is 3.24. The predicted molar refractivity (Wildman–Crippen MR) is 106 cm³/mol. The number of nitrogens with zero attached hydrogens (tertiary/aromatic N) is 2. The molecule has 0 heterocycles. The van der Waals surface area contributed by atoms with E-state index >= 15 is 0 Å². The molecule has 0 saturated carbocycles. The molecular weight excluding hydrogens is 268 g/mol. The summed E-state index contributed by atoms with van der Waals surface area (Å²) < 4.78 is 0. The largest absolute Gasteiger partial charge is 0.303 e. The second-order valence-electron chi connectivity index (χ2n) is 5.68. The van der Waals surface area contributed by atoms with Crippen LogP contribution in [0, 0.1) is 0 Å². The van der Waals surface area contributed by atoms with Gasteiger partial charge in [-0.3, -0.25) is 0 Å². The zero-order valence-electron chi connectivity index (χ0n) is 17.4. The van der Waals surface area contributed by atoms with E-state index in [-0.39, 0.29) is 0 Å². The zero-order chi connectivity index (χ0) is 17.6. The molecule has 0 aliphatic heterocycles. The Morgan fingerprint density at radius 1 is 0.364 bits per heavy atom. The Labute approximate surface area is 143 Å². The van der Waals surface area contributed by atoms with Crippen LogP contribution in [0.2, 0.25) is 0 Å². The van der Waals surface area contributed by atoms with E-state index in [1.54, 1.807) is 0 Å². The molecule has 0 bridgehead atoms. The average Bonchev–Trinajstić information content (AvgIpc) is 2.52. The molecule has 0 saturated heterocycles. The summed E-state index contributed by atoms with van der Waals surface area (Å²) in [6, 6.07) is 0. The van der Waals surface area contributed by atoms with Crippen LogP contribution in [-0.2, 0) is 0 Å². The fourth-order valence-electron chi connectivity index (χ4n) is 2.57. The molecule has 0 rings (SSSR count). The van der Waals surface area contributed by atoms with Gasteiger partial charge in [0.2, 0.25) is 0 Å². The zero-order valence-corrected chi connectivity index (χ0v) is 17.4. The molecule has 0 aliphatic carbocycles. The molecule has 0 amide bonds. The maximum absolute atomic E-state index is 2.54. The van der Waals surface area contributed by atoms with Crippen LogP contribution in [0.4, 0.5) is 0 Å². The van der Waals surface area contributed by atoms with E-state index in [4.69, 9.17) is 0 Å². The summed E-state index contributed by atoms with van der Waals surface area (Å²) in [5.74, 6) is 0. The highest BCUT2D eigenvalue weighted by Gasteiger charge is 1.99. The number of rotatable bonds is 12. The highest BCUT2D eigenvalue weighted by Crippen LogP contribution is 1.95. The van der Waals surface area contributed by atoms with Gasteiger partial charge >= 0.3 is 0 Å². The lowest BCUT2D eigenvalue weighted by molar-refractivity contribution is 0.275. The Balaban J connectivity index is -0.000000294. The average molecular weight is 317 g/mol. The summed E-state index contributed by atoms with van der Waals surface area (Å²) in [6.45, 7) is 25.2. The molecule has 2 heteroatoms. The molecule has 0 aromatic heterocycles. The summed E-state index contributed by atoms with van der Waals surface area (Å²) in [7, 11) is 0. The summed E-state index contributed by atoms with van der Waals surface area (Å²) >= 11 is 0. The van der Waals surface area contributed by atoms with Crippen molar-refractivity contribution < 1.29 is 0 Å². The van der Waals surface area contributed by atoms with Gasteiger partial charge in [-0.2, -0.15) is 0 Å². The first kappa shape index (κ1) is 26.8. The smallest absolute Gasteiger partial charge is 0.00214 e. The maximum atomic E-state index is 2.54. The van der Waals surface area contributed by atoms with E-state index < -0.39 is 0 Å². The minimum atomic E-state index is 1.28. The molecule has 0 atom stereocenters. The van der Waals surface area contributed by atoms with Crippen LogP contribution in [0.1, 0.15) is 93.9 Å². The first-order valence-electron chi connectivity index (χ1n) is 10.1. The Hall–Kier alpha value is -0.0800. The molecule has 0 unspecified atom stereocenters. The predicted octanol–water partition coefficient (Wildman–Crippen LogP) is 6.06. The molecule has 22 heavy (non-hydrogen) atoms. The quantitative estimate of drug-likeness (QED) is 0.431. The maximum Gasteiger partial charge on any atom is -0.00214 e. The van der Waals surface area contributed by atoms with Gasteiger partial charge in [-0.1, -0.05) is 55.4 Å². The van der Waals surface area contributed by atoms with Crippen molar-refractivity contribution in [2.45, 2.75) is 93.9 Å². The minimum absolute atomic E-state index is 1.28. The van der Waals surface area contributed by atoms with Crippen molar-refractivity contribution in [1.82, 2.24) is 9.80 Å². The van der Waals surface area contributed by atoms with Crippen molar-refractivity contribution in [3.8, 4) is 0 Å². The van der Waals surface area contributed by atoms with Crippen molar-refractivity contribution in [3.63, 3.8) is 0 Å². The molecule has 0 aromatic carbocycles. The standard InChI is InChI=1S/2C9H21N.C2H6/c2*1-4-7-10(8-5-2)9-6-3;1-2/h2*4-9H2,1-3H3;1-2H3. The van der Waals surface area contributed by atoms with Crippen LogP contribution in [-0.4, -0.2) is 49.1 Å². The molecular formula is C20H48N2. The van der Waals surface area contributed by atoms with Crippen LogP contribution in [0.5, 0.6) is 0 Å². The lowest BCUT2D eigenvalue weighted by atomic mass is 10.3. The van der Waals surface area contributed by atoms with Gasteiger partial charge in [0.25, 0.3) is 0 Å². The Bertz CT molecular complexity index is 113. The van der Waals surface area contributed by atoms with Crippen molar-refractivity contribution in [3.05, 3.63) is 0 Å². The van der Waals surface area contributed by atoms with Gasteiger partial charge in [-0.25, -0.2) is 0 Å². The summed E-state index contributed by atoms with van der Waals surface area (Å²) in [5, 5.41) is 0. The third kappa shape index (κ3) is 22.2. The van der Waals surface area contributed by atoms with Crippen LogP contribution in [0.15, 0.2) is 0 Å². The van der Waals surface area contributed by atoms with Crippen molar-refractivity contribution in [1.29, 1.82) is 0 Å². The second kappa shape index (κ2) is 25.9. The third-order valence-electron chi connectivity index (χ3n) is 3.24. The SMILES string of the molecule is CC.CCCN(CCC)CCC.CCCN(CCC)CCC.